The van der Waals surface area contributed by atoms with E-state index in [9.17, 15) is 19.7 Å². The van der Waals surface area contributed by atoms with Crippen molar-refractivity contribution >= 4 is 23.3 Å². The number of nitrogens with zero attached hydrogens (tertiary/aromatic N) is 3. The monoisotopic (exact) mass is 332 g/mol. The summed E-state index contributed by atoms with van der Waals surface area (Å²) in [5.74, 6) is -1.36. The Labute approximate surface area is 137 Å². The van der Waals surface area contributed by atoms with Crippen LogP contribution in [0, 0.1) is 17.0 Å². The molecule has 1 aromatic carbocycles. The van der Waals surface area contributed by atoms with Gasteiger partial charge in [0.2, 0.25) is 0 Å². The molecular formula is C15H16N4O5. The fourth-order valence-electron chi connectivity index (χ4n) is 2.09. The van der Waals surface area contributed by atoms with E-state index in [1.165, 1.54) is 29.1 Å². The second-order valence-electron chi connectivity index (χ2n) is 5.20. The summed E-state index contributed by atoms with van der Waals surface area (Å²) >= 11 is 0. The first-order valence-electron chi connectivity index (χ1n) is 7.17. The summed E-state index contributed by atoms with van der Waals surface area (Å²) in [6, 6.07) is 4.25. The molecule has 1 heterocycles. The number of carboxylic acid groups (broad SMARTS) is 1. The van der Waals surface area contributed by atoms with E-state index < -0.39 is 16.8 Å². The zero-order valence-electron chi connectivity index (χ0n) is 12.9. The molecule has 24 heavy (non-hydrogen) atoms. The molecule has 0 aliphatic carbocycles. The van der Waals surface area contributed by atoms with Crippen molar-refractivity contribution in [3.8, 4) is 0 Å². The van der Waals surface area contributed by atoms with Crippen molar-refractivity contribution < 1.29 is 19.6 Å². The number of benzene rings is 1. The van der Waals surface area contributed by atoms with Crippen LogP contribution >= 0.6 is 0 Å². The highest BCUT2D eigenvalue weighted by Crippen LogP contribution is 2.20. The molecule has 2 rings (SSSR count). The Hall–Kier alpha value is -3.23. The average molecular weight is 332 g/mol. The van der Waals surface area contributed by atoms with Gasteiger partial charge in [-0.25, -0.2) is 0 Å². The van der Waals surface area contributed by atoms with E-state index in [1.54, 1.807) is 13.1 Å². The lowest BCUT2D eigenvalue weighted by molar-refractivity contribution is -0.385. The van der Waals surface area contributed by atoms with E-state index in [-0.39, 0.29) is 17.7 Å². The summed E-state index contributed by atoms with van der Waals surface area (Å²) < 4.78 is 1.52. The minimum Gasteiger partial charge on any atom is -0.481 e. The molecular weight excluding hydrogens is 316 g/mol. The summed E-state index contributed by atoms with van der Waals surface area (Å²) in [6.07, 6.45) is 3.47. The van der Waals surface area contributed by atoms with Crippen LogP contribution in [0.1, 0.15) is 28.8 Å². The SMILES string of the molecule is Cc1ccc(C(=O)Nc2cnn(CCCC(=O)O)c2)cc1[N+](=O)[O-]. The number of aromatic nitrogens is 2. The maximum absolute atomic E-state index is 12.2. The molecule has 9 nitrogen and oxygen atoms in total. The molecule has 9 heteroatoms. The van der Waals surface area contributed by atoms with Gasteiger partial charge in [-0.05, 0) is 19.4 Å². The molecule has 2 N–H and O–H groups in total. The number of nitro groups is 1. The molecule has 0 aliphatic rings. The van der Waals surface area contributed by atoms with Gasteiger partial charge in [0, 0.05) is 36.4 Å². The number of aryl methyl sites for hydroxylation is 2. The number of nitro benzene ring substituents is 1. The van der Waals surface area contributed by atoms with E-state index in [0.717, 1.165) is 0 Å². The standard InChI is InChI=1S/C15H16N4O5/c1-10-4-5-11(7-13(10)19(23)24)15(22)17-12-8-16-18(9-12)6-2-3-14(20)21/h4-5,7-9H,2-3,6H2,1H3,(H,17,22)(H,20,21). The second-order valence-corrected chi connectivity index (χ2v) is 5.20. The topological polar surface area (TPSA) is 127 Å². The lowest BCUT2D eigenvalue weighted by Gasteiger charge is -2.04. The number of nitrogens with one attached hydrogen (secondary N) is 1. The Morgan fingerprint density at radius 2 is 2.17 bits per heavy atom. The van der Waals surface area contributed by atoms with Crippen LogP contribution in [-0.2, 0) is 11.3 Å². The molecule has 0 aliphatic heterocycles. The maximum atomic E-state index is 12.2. The first-order valence-corrected chi connectivity index (χ1v) is 7.17. The summed E-state index contributed by atoms with van der Waals surface area (Å²) in [5.41, 5.74) is 0.958. The van der Waals surface area contributed by atoms with Crippen molar-refractivity contribution in [1.29, 1.82) is 0 Å². The smallest absolute Gasteiger partial charge is 0.303 e. The molecule has 1 amide bonds. The fourth-order valence-corrected chi connectivity index (χ4v) is 2.09. The molecule has 2 aromatic rings. The Morgan fingerprint density at radius 3 is 2.83 bits per heavy atom. The van der Waals surface area contributed by atoms with Crippen molar-refractivity contribution in [2.45, 2.75) is 26.3 Å². The van der Waals surface area contributed by atoms with Gasteiger partial charge in [-0.2, -0.15) is 5.10 Å². The van der Waals surface area contributed by atoms with E-state index in [1.807, 2.05) is 0 Å². The van der Waals surface area contributed by atoms with Gasteiger partial charge in [-0.3, -0.25) is 24.4 Å². The molecule has 0 saturated heterocycles. The third-order valence-electron chi connectivity index (χ3n) is 3.34. The highest BCUT2D eigenvalue weighted by atomic mass is 16.6. The van der Waals surface area contributed by atoms with Crippen molar-refractivity contribution in [2.24, 2.45) is 0 Å². The molecule has 0 unspecified atom stereocenters. The zero-order chi connectivity index (χ0) is 17.7. The average Bonchev–Trinajstić information content (AvgIpc) is 2.94. The molecule has 0 bridgehead atoms. The van der Waals surface area contributed by atoms with Crippen LogP contribution in [0.25, 0.3) is 0 Å². The largest absolute Gasteiger partial charge is 0.481 e. The second kappa shape index (κ2) is 7.36. The summed E-state index contributed by atoms with van der Waals surface area (Å²) in [6.45, 7) is 2.01. The number of aliphatic carboxylic acids is 1. The normalized spacial score (nSPS) is 10.4. The van der Waals surface area contributed by atoms with Crippen LogP contribution in [0.5, 0.6) is 0 Å². The third kappa shape index (κ3) is 4.38. The highest BCUT2D eigenvalue weighted by molar-refractivity contribution is 6.04. The number of carbonyl (C=O) groups excluding carboxylic acids is 1. The van der Waals surface area contributed by atoms with Gasteiger partial charge in [-0.15, -0.1) is 0 Å². The van der Waals surface area contributed by atoms with Crippen LogP contribution in [-0.4, -0.2) is 31.7 Å². The molecule has 0 radical (unpaired) electrons. The van der Waals surface area contributed by atoms with Gasteiger partial charge in [0.05, 0.1) is 16.8 Å². The minimum absolute atomic E-state index is 0.0363. The highest BCUT2D eigenvalue weighted by Gasteiger charge is 2.15. The Bertz CT molecular complexity index is 784. The van der Waals surface area contributed by atoms with Gasteiger partial charge in [0.1, 0.15) is 0 Å². The first kappa shape index (κ1) is 17.1. The Kier molecular flexibility index (Phi) is 5.25. The van der Waals surface area contributed by atoms with Gasteiger partial charge >= 0.3 is 5.97 Å². The maximum Gasteiger partial charge on any atom is 0.303 e. The van der Waals surface area contributed by atoms with Crippen LogP contribution in [0.3, 0.4) is 0 Å². The predicted octanol–water partition coefficient (Wildman–Crippen LogP) is 2.22. The summed E-state index contributed by atoms with van der Waals surface area (Å²) in [4.78, 5) is 33.0. The van der Waals surface area contributed by atoms with Crippen molar-refractivity contribution in [2.75, 3.05) is 5.32 Å². The molecule has 1 aromatic heterocycles. The van der Waals surface area contributed by atoms with Gasteiger partial charge in [0.15, 0.2) is 0 Å². The third-order valence-corrected chi connectivity index (χ3v) is 3.34. The lowest BCUT2D eigenvalue weighted by atomic mass is 10.1. The van der Waals surface area contributed by atoms with E-state index in [0.29, 0.717) is 24.2 Å². The number of carbonyl (C=O) groups is 2. The quantitative estimate of drug-likeness (QED) is 0.591. The van der Waals surface area contributed by atoms with Crippen LogP contribution in [0.15, 0.2) is 30.6 Å². The Balaban J connectivity index is 2.02. The molecule has 0 spiro atoms. The molecule has 0 saturated carbocycles. The van der Waals surface area contributed by atoms with Crippen LogP contribution in [0.4, 0.5) is 11.4 Å². The van der Waals surface area contributed by atoms with E-state index in [4.69, 9.17) is 5.11 Å². The van der Waals surface area contributed by atoms with Crippen molar-refractivity contribution in [1.82, 2.24) is 9.78 Å². The summed E-state index contributed by atoms with van der Waals surface area (Å²) in [7, 11) is 0. The zero-order valence-corrected chi connectivity index (χ0v) is 12.9. The molecule has 0 fully saturated rings. The predicted molar refractivity (Wildman–Crippen MR) is 84.9 cm³/mol. The number of amides is 1. The molecule has 0 atom stereocenters. The minimum atomic E-state index is -0.878. The van der Waals surface area contributed by atoms with Gasteiger partial charge in [0.25, 0.3) is 11.6 Å². The number of carboxylic acids is 1. The van der Waals surface area contributed by atoms with E-state index >= 15 is 0 Å². The van der Waals surface area contributed by atoms with Crippen LogP contribution in [0.2, 0.25) is 0 Å². The van der Waals surface area contributed by atoms with Crippen molar-refractivity contribution in [3.63, 3.8) is 0 Å². The van der Waals surface area contributed by atoms with Gasteiger partial charge < -0.3 is 10.4 Å². The van der Waals surface area contributed by atoms with Gasteiger partial charge in [-0.1, -0.05) is 6.07 Å². The lowest BCUT2D eigenvalue weighted by Crippen LogP contribution is -2.12. The fraction of sp³-hybridized carbons (Fsp3) is 0.267. The van der Waals surface area contributed by atoms with E-state index in [2.05, 4.69) is 10.4 Å². The Morgan fingerprint density at radius 1 is 1.42 bits per heavy atom. The number of rotatable bonds is 7. The number of hydrogen-bond donors (Lipinski definition) is 2. The first-order chi connectivity index (χ1) is 11.4. The van der Waals surface area contributed by atoms with Crippen molar-refractivity contribution in [3.05, 3.63) is 51.8 Å². The number of hydrogen-bond acceptors (Lipinski definition) is 5. The van der Waals surface area contributed by atoms with Crippen LogP contribution < -0.4 is 5.32 Å². The number of anilines is 1. The molecule has 126 valence electrons. The summed E-state index contributed by atoms with van der Waals surface area (Å²) in [5, 5.41) is 26.1.